The van der Waals surface area contributed by atoms with Gasteiger partial charge < -0.3 is 0 Å². The summed E-state index contributed by atoms with van der Waals surface area (Å²) in [5.41, 5.74) is 4.71. The van der Waals surface area contributed by atoms with Crippen molar-refractivity contribution < 1.29 is 13.2 Å². The van der Waals surface area contributed by atoms with Gasteiger partial charge in [0.1, 0.15) is 4.21 Å². The van der Waals surface area contributed by atoms with Gasteiger partial charge in [-0.3, -0.25) is 14.5 Å². The molecule has 1 amide bonds. The molecule has 2 N–H and O–H groups in total. The number of sulfonamides is 1. The first-order chi connectivity index (χ1) is 13.0. The number of nitrogens with one attached hydrogen (secondary N) is 2. The zero-order valence-electron chi connectivity index (χ0n) is 14.3. The van der Waals surface area contributed by atoms with E-state index in [4.69, 9.17) is 0 Å². The number of aromatic nitrogens is 1. The average molecular weight is 400 g/mol. The molecule has 0 saturated carbocycles. The number of carbonyl (C=O) groups is 1. The normalized spacial score (nSPS) is 11.8. The second kappa shape index (κ2) is 8.11. The van der Waals surface area contributed by atoms with Crippen LogP contribution in [0.1, 0.15) is 22.8 Å². The van der Waals surface area contributed by atoms with Crippen molar-refractivity contribution in [3.63, 3.8) is 0 Å². The number of anilines is 1. The van der Waals surface area contributed by atoms with E-state index in [2.05, 4.69) is 20.2 Å². The Morgan fingerprint density at radius 1 is 1.04 bits per heavy atom. The smallest absolute Gasteiger partial charge is 0.271 e. The summed E-state index contributed by atoms with van der Waals surface area (Å²) >= 11 is 1.13. The lowest BCUT2D eigenvalue weighted by Crippen LogP contribution is -2.19. The van der Waals surface area contributed by atoms with Crippen LogP contribution in [0.15, 0.2) is 75.6 Å². The fourth-order valence-electron chi connectivity index (χ4n) is 2.17. The van der Waals surface area contributed by atoms with Crippen molar-refractivity contribution in [2.75, 3.05) is 4.72 Å². The number of nitrogens with zero attached hydrogens (tertiary/aromatic N) is 2. The Labute approximate surface area is 160 Å². The number of thiophene rings is 1. The summed E-state index contributed by atoms with van der Waals surface area (Å²) < 4.78 is 27.1. The Bertz CT molecular complexity index is 1050. The van der Waals surface area contributed by atoms with Crippen LogP contribution in [-0.4, -0.2) is 25.0 Å². The third-order valence-electron chi connectivity index (χ3n) is 3.58. The molecule has 138 valence electrons. The van der Waals surface area contributed by atoms with E-state index in [1.54, 1.807) is 42.9 Å². The zero-order valence-corrected chi connectivity index (χ0v) is 15.9. The third-order valence-corrected chi connectivity index (χ3v) is 6.36. The van der Waals surface area contributed by atoms with Crippen molar-refractivity contribution >= 4 is 38.7 Å². The van der Waals surface area contributed by atoms with Crippen LogP contribution >= 0.6 is 11.3 Å². The first kappa shape index (κ1) is 18.7. The Morgan fingerprint density at radius 3 is 2.37 bits per heavy atom. The van der Waals surface area contributed by atoms with Gasteiger partial charge in [-0.05, 0) is 54.8 Å². The Hall–Kier alpha value is -3.04. The van der Waals surface area contributed by atoms with Gasteiger partial charge in [-0.15, -0.1) is 11.3 Å². The maximum absolute atomic E-state index is 12.2. The summed E-state index contributed by atoms with van der Waals surface area (Å²) in [6, 6.07) is 12.9. The molecule has 0 aliphatic rings. The summed E-state index contributed by atoms with van der Waals surface area (Å²) in [6.07, 6.45) is 3.29. The van der Waals surface area contributed by atoms with Crippen molar-refractivity contribution in [2.45, 2.75) is 11.1 Å². The van der Waals surface area contributed by atoms with Crippen molar-refractivity contribution in [3.05, 3.63) is 77.4 Å². The van der Waals surface area contributed by atoms with Gasteiger partial charge in [0.25, 0.3) is 15.9 Å². The van der Waals surface area contributed by atoms with E-state index in [1.807, 2.05) is 0 Å². The van der Waals surface area contributed by atoms with Gasteiger partial charge in [-0.25, -0.2) is 13.8 Å². The molecule has 0 fully saturated rings. The van der Waals surface area contributed by atoms with Gasteiger partial charge in [-0.1, -0.05) is 6.07 Å². The van der Waals surface area contributed by atoms with Crippen LogP contribution in [0.5, 0.6) is 0 Å². The number of pyridine rings is 1. The predicted octanol–water partition coefficient (Wildman–Crippen LogP) is 3.10. The van der Waals surface area contributed by atoms with Crippen LogP contribution in [0, 0.1) is 0 Å². The summed E-state index contributed by atoms with van der Waals surface area (Å²) in [5.74, 6) is -0.393. The van der Waals surface area contributed by atoms with Gasteiger partial charge in [0.2, 0.25) is 0 Å². The highest BCUT2D eigenvalue weighted by atomic mass is 32.2. The topological polar surface area (TPSA) is 101 Å². The van der Waals surface area contributed by atoms with E-state index < -0.39 is 15.9 Å². The number of amides is 1. The second-order valence-electron chi connectivity index (χ2n) is 5.49. The number of hydrogen-bond acceptors (Lipinski definition) is 6. The first-order valence-corrected chi connectivity index (χ1v) is 10.2. The fourth-order valence-corrected chi connectivity index (χ4v) is 4.22. The molecule has 3 aromatic rings. The van der Waals surface area contributed by atoms with E-state index in [1.165, 1.54) is 30.3 Å². The molecule has 27 heavy (non-hydrogen) atoms. The third kappa shape index (κ3) is 4.78. The number of carbonyl (C=O) groups excluding carboxylic acids is 1. The van der Waals surface area contributed by atoms with Crippen LogP contribution in [0.4, 0.5) is 5.69 Å². The van der Waals surface area contributed by atoms with Gasteiger partial charge in [0, 0.05) is 29.2 Å². The molecule has 0 aliphatic heterocycles. The second-order valence-corrected chi connectivity index (χ2v) is 8.35. The minimum Gasteiger partial charge on any atom is -0.279 e. The highest BCUT2D eigenvalue weighted by Gasteiger charge is 2.15. The number of hydrogen-bond donors (Lipinski definition) is 2. The molecule has 2 heterocycles. The van der Waals surface area contributed by atoms with Crippen LogP contribution in [-0.2, 0) is 10.0 Å². The molecule has 0 unspecified atom stereocenters. The molecule has 0 aliphatic carbocycles. The van der Waals surface area contributed by atoms with Crippen LogP contribution in [0.25, 0.3) is 0 Å². The molecule has 7 nitrogen and oxygen atoms in total. The maximum atomic E-state index is 12.2. The van der Waals surface area contributed by atoms with E-state index in [0.29, 0.717) is 17.0 Å². The number of hydrazone groups is 1. The van der Waals surface area contributed by atoms with E-state index in [0.717, 1.165) is 16.9 Å². The van der Waals surface area contributed by atoms with Crippen molar-refractivity contribution in [2.24, 2.45) is 5.10 Å². The monoisotopic (exact) mass is 400 g/mol. The summed E-state index contributed by atoms with van der Waals surface area (Å²) in [6.45, 7) is 1.78. The van der Waals surface area contributed by atoms with Crippen LogP contribution in [0.3, 0.4) is 0 Å². The molecule has 9 heteroatoms. The Morgan fingerprint density at radius 2 is 1.74 bits per heavy atom. The molecule has 0 saturated heterocycles. The summed E-state index contributed by atoms with van der Waals surface area (Å²) in [5, 5.41) is 5.76. The molecule has 1 aromatic carbocycles. The Kier molecular flexibility index (Phi) is 5.63. The van der Waals surface area contributed by atoms with Crippen LogP contribution in [0.2, 0.25) is 0 Å². The minimum absolute atomic E-state index is 0.227. The fraction of sp³-hybridized carbons (Fsp3) is 0.0556. The molecule has 0 atom stereocenters. The number of benzene rings is 1. The van der Waals surface area contributed by atoms with Crippen molar-refractivity contribution in [3.8, 4) is 0 Å². The lowest BCUT2D eigenvalue weighted by atomic mass is 10.2. The summed E-state index contributed by atoms with van der Waals surface area (Å²) in [4.78, 5) is 16.1. The van der Waals surface area contributed by atoms with Crippen LogP contribution < -0.4 is 10.1 Å². The SMILES string of the molecule is CC(=NNC(=O)c1ccc(NS(=O)(=O)c2cccs2)cc1)c1ccncc1. The molecule has 0 bridgehead atoms. The quantitative estimate of drug-likeness (QED) is 0.490. The van der Waals surface area contributed by atoms with Crippen molar-refractivity contribution in [1.82, 2.24) is 10.4 Å². The lowest BCUT2D eigenvalue weighted by Gasteiger charge is -2.07. The largest absolute Gasteiger partial charge is 0.279 e. The molecule has 0 spiro atoms. The lowest BCUT2D eigenvalue weighted by molar-refractivity contribution is 0.0955. The predicted molar refractivity (Wildman–Crippen MR) is 105 cm³/mol. The molecule has 2 aromatic heterocycles. The molecule has 0 radical (unpaired) electrons. The van der Waals surface area contributed by atoms with E-state index in [9.17, 15) is 13.2 Å². The zero-order chi connectivity index (χ0) is 19.3. The highest BCUT2D eigenvalue weighted by molar-refractivity contribution is 7.94. The molecule has 3 rings (SSSR count). The van der Waals surface area contributed by atoms with Gasteiger partial charge in [0.15, 0.2) is 0 Å². The van der Waals surface area contributed by atoms with Gasteiger partial charge in [-0.2, -0.15) is 5.10 Å². The number of rotatable bonds is 6. The molecular weight excluding hydrogens is 384 g/mol. The summed E-state index contributed by atoms with van der Waals surface area (Å²) in [7, 11) is -3.61. The Balaban J connectivity index is 1.66. The van der Waals surface area contributed by atoms with Gasteiger partial charge in [0.05, 0.1) is 5.71 Å². The average Bonchev–Trinajstić information content (AvgIpc) is 3.23. The maximum Gasteiger partial charge on any atom is 0.271 e. The highest BCUT2D eigenvalue weighted by Crippen LogP contribution is 2.20. The minimum atomic E-state index is -3.61. The molecular formula is C18H16N4O3S2. The van der Waals surface area contributed by atoms with E-state index >= 15 is 0 Å². The van der Waals surface area contributed by atoms with E-state index in [-0.39, 0.29) is 4.21 Å². The first-order valence-electron chi connectivity index (χ1n) is 7.87. The van der Waals surface area contributed by atoms with Crippen molar-refractivity contribution in [1.29, 1.82) is 0 Å². The van der Waals surface area contributed by atoms with Gasteiger partial charge >= 0.3 is 0 Å². The standard InChI is InChI=1S/C18H16N4O3S2/c1-13(14-8-10-19-11-9-14)20-21-18(23)15-4-6-16(7-5-15)22-27(24,25)17-3-2-12-26-17/h2-12,22H,1H3,(H,21,23).